The van der Waals surface area contributed by atoms with Crippen molar-refractivity contribution in [3.8, 4) is 0 Å². The summed E-state index contributed by atoms with van der Waals surface area (Å²) in [6.45, 7) is 7.61. The molecule has 1 aromatic heterocycles. The highest BCUT2D eigenvalue weighted by atomic mass is 16.2. The number of carbonyl (C=O) groups excluding carboxylic acids is 1. The third kappa shape index (κ3) is 2.17. The second kappa shape index (κ2) is 4.84. The maximum Gasteiger partial charge on any atom is 0.244 e. The molecule has 0 aromatic carbocycles. The Balaban J connectivity index is 2.27. The molecule has 1 aliphatic rings. The van der Waals surface area contributed by atoms with Crippen molar-refractivity contribution in [2.24, 2.45) is 0 Å². The Kier molecular flexibility index (Phi) is 3.43. The zero-order valence-corrected chi connectivity index (χ0v) is 10.7. The monoisotopic (exact) mass is 233 g/mol. The van der Waals surface area contributed by atoms with Gasteiger partial charge in [-0.3, -0.25) is 9.78 Å². The van der Waals surface area contributed by atoms with Crippen LogP contribution in [0.2, 0.25) is 0 Å². The molecule has 1 aliphatic heterocycles. The minimum Gasteiger partial charge on any atom is -0.309 e. The predicted molar refractivity (Wildman–Crippen MR) is 68.1 cm³/mol. The van der Waals surface area contributed by atoms with Gasteiger partial charge in [-0.15, -0.1) is 0 Å². The van der Waals surface area contributed by atoms with Gasteiger partial charge < -0.3 is 10.2 Å². The molecule has 1 aromatic rings. The van der Waals surface area contributed by atoms with Crippen molar-refractivity contribution in [1.29, 1.82) is 0 Å². The summed E-state index contributed by atoms with van der Waals surface area (Å²) >= 11 is 0. The number of pyridine rings is 1. The van der Waals surface area contributed by atoms with E-state index in [2.05, 4.69) is 10.3 Å². The summed E-state index contributed by atoms with van der Waals surface area (Å²) in [6, 6.07) is 1.93. The van der Waals surface area contributed by atoms with E-state index in [1.54, 1.807) is 6.20 Å². The van der Waals surface area contributed by atoms with Crippen LogP contribution in [0.4, 0.5) is 5.69 Å². The molecule has 92 valence electrons. The first kappa shape index (κ1) is 12.0. The molecule has 17 heavy (non-hydrogen) atoms. The molecular formula is C13H19N3O. The number of nitrogens with one attached hydrogen (secondary N) is 1. The van der Waals surface area contributed by atoms with Gasteiger partial charge in [0.25, 0.3) is 0 Å². The van der Waals surface area contributed by atoms with Gasteiger partial charge in [0.2, 0.25) is 5.91 Å². The van der Waals surface area contributed by atoms with Gasteiger partial charge in [-0.05, 0) is 38.4 Å². The standard InChI is InChI=1S/C13H19N3O/c1-4-14-11-6-8-16(13(11)17)12-9(2)5-7-15-10(12)3/h5,7,11,14H,4,6,8H2,1-3H3. The highest BCUT2D eigenvalue weighted by molar-refractivity contribution is 6.00. The van der Waals surface area contributed by atoms with Gasteiger partial charge in [0.1, 0.15) is 0 Å². The van der Waals surface area contributed by atoms with E-state index >= 15 is 0 Å². The number of nitrogens with zero attached hydrogens (tertiary/aromatic N) is 2. The Morgan fingerprint density at radius 2 is 2.29 bits per heavy atom. The van der Waals surface area contributed by atoms with E-state index < -0.39 is 0 Å². The van der Waals surface area contributed by atoms with Crippen LogP contribution in [-0.4, -0.2) is 30.0 Å². The fourth-order valence-corrected chi connectivity index (χ4v) is 2.43. The number of aryl methyl sites for hydroxylation is 2. The van der Waals surface area contributed by atoms with Crippen molar-refractivity contribution in [2.75, 3.05) is 18.0 Å². The first-order valence-electron chi connectivity index (χ1n) is 6.12. The van der Waals surface area contributed by atoms with Crippen molar-refractivity contribution >= 4 is 11.6 Å². The summed E-state index contributed by atoms with van der Waals surface area (Å²) in [5.41, 5.74) is 3.02. The number of likely N-dealkylation sites (N-methyl/N-ethyl adjacent to an activating group) is 1. The first-order chi connectivity index (χ1) is 8.15. The smallest absolute Gasteiger partial charge is 0.244 e. The lowest BCUT2D eigenvalue weighted by atomic mass is 10.2. The highest BCUT2D eigenvalue weighted by Crippen LogP contribution is 2.27. The third-order valence-corrected chi connectivity index (χ3v) is 3.23. The molecule has 2 rings (SSSR count). The fourth-order valence-electron chi connectivity index (χ4n) is 2.43. The van der Waals surface area contributed by atoms with Crippen molar-refractivity contribution < 1.29 is 4.79 Å². The first-order valence-corrected chi connectivity index (χ1v) is 6.12. The van der Waals surface area contributed by atoms with Crippen LogP contribution in [0.15, 0.2) is 12.3 Å². The zero-order valence-electron chi connectivity index (χ0n) is 10.7. The molecule has 4 nitrogen and oxygen atoms in total. The minimum absolute atomic E-state index is 0.0287. The average Bonchev–Trinajstić information content (AvgIpc) is 2.62. The molecule has 1 unspecified atom stereocenters. The molecule has 1 saturated heterocycles. The van der Waals surface area contributed by atoms with Crippen LogP contribution in [0.5, 0.6) is 0 Å². The second-order valence-electron chi connectivity index (χ2n) is 4.45. The molecule has 0 saturated carbocycles. The van der Waals surface area contributed by atoms with Crippen LogP contribution in [0.1, 0.15) is 24.6 Å². The third-order valence-electron chi connectivity index (χ3n) is 3.23. The van der Waals surface area contributed by atoms with Crippen molar-refractivity contribution in [3.63, 3.8) is 0 Å². The van der Waals surface area contributed by atoms with Gasteiger partial charge in [-0.2, -0.15) is 0 Å². The maximum absolute atomic E-state index is 12.2. The molecule has 0 aliphatic carbocycles. The van der Waals surface area contributed by atoms with E-state index in [0.29, 0.717) is 0 Å². The molecule has 0 spiro atoms. The SMILES string of the molecule is CCNC1CCN(c2c(C)ccnc2C)C1=O. The minimum atomic E-state index is -0.0287. The number of hydrogen-bond donors (Lipinski definition) is 1. The van der Waals surface area contributed by atoms with Gasteiger partial charge in [0.15, 0.2) is 0 Å². The topological polar surface area (TPSA) is 45.2 Å². The van der Waals surface area contributed by atoms with Crippen molar-refractivity contribution in [2.45, 2.75) is 33.2 Å². The van der Waals surface area contributed by atoms with Gasteiger partial charge >= 0.3 is 0 Å². The van der Waals surface area contributed by atoms with Gasteiger partial charge in [0.05, 0.1) is 17.4 Å². The molecule has 0 radical (unpaired) electrons. The molecule has 1 atom stereocenters. The normalized spacial score (nSPS) is 20.1. The van der Waals surface area contributed by atoms with Gasteiger partial charge in [-0.25, -0.2) is 0 Å². The summed E-state index contributed by atoms with van der Waals surface area (Å²) in [5.74, 6) is 0.172. The highest BCUT2D eigenvalue weighted by Gasteiger charge is 2.33. The van der Waals surface area contributed by atoms with E-state index in [0.717, 1.165) is 36.5 Å². The van der Waals surface area contributed by atoms with Crippen LogP contribution < -0.4 is 10.2 Å². The number of carbonyl (C=O) groups is 1. The lowest BCUT2D eigenvalue weighted by molar-refractivity contribution is -0.118. The largest absolute Gasteiger partial charge is 0.309 e. The molecule has 1 fully saturated rings. The Morgan fingerprint density at radius 3 is 2.94 bits per heavy atom. The van der Waals surface area contributed by atoms with Crippen molar-refractivity contribution in [1.82, 2.24) is 10.3 Å². The van der Waals surface area contributed by atoms with Crippen LogP contribution in [0.25, 0.3) is 0 Å². The predicted octanol–water partition coefficient (Wildman–Crippen LogP) is 1.41. The Bertz CT molecular complexity index is 410. The molecule has 1 amide bonds. The van der Waals surface area contributed by atoms with Crippen LogP contribution in [0, 0.1) is 13.8 Å². The average molecular weight is 233 g/mol. The summed E-state index contributed by atoms with van der Waals surface area (Å²) in [7, 11) is 0. The Morgan fingerprint density at radius 1 is 1.53 bits per heavy atom. The summed E-state index contributed by atoms with van der Waals surface area (Å²) in [6.07, 6.45) is 2.66. The van der Waals surface area contributed by atoms with E-state index in [1.807, 2.05) is 31.7 Å². The van der Waals surface area contributed by atoms with E-state index in [1.165, 1.54) is 0 Å². The summed E-state index contributed by atoms with van der Waals surface area (Å²) in [4.78, 5) is 18.4. The molecular weight excluding hydrogens is 214 g/mol. The number of aromatic nitrogens is 1. The number of amides is 1. The molecule has 2 heterocycles. The lowest BCUT2D eigenvalue weighted by Gasteiger charge is -2.20. The number of rotatable bonds is 3. The Hall–Kier alpha value is -1.42. The molecule has 4 heteroatoms. The second-order valence-corrected chi connectivity index (χ2v) is 4.45. The van der Waals surface area contributed by atoms with Crippen LogP contribution in [-0.2, 0) is 4.79 Å². The number of hydrogen-bond acceptors (Lipinski definition) is 3. The molecule has 1 N–H and O–H groups in total. The van der Waals surface area contributed by atoms with Gasteiger partial charge in [-0.1, -0.05) is 6.92 Å². The van der Waals surface area contributed by atoms with E-state index in [4.69, 9.17) is 0 Å². The lowest BCUT2D eigenvalue weighted by Crippen LogP contribution is -2.38. The van der Waals surface area contributed by atoms with E-state index in [9.17, 15) is 4.79 Å². The fraction of sp³-hybridized carbons (Fsp3) is 0.538. The summed E-state index contributed by atoms with van der Waals surface area (Å²) < 4.78 is 0. The van der Waals surface area contributed by atoms with Gasteiger partial charge in [0, 0.05) is 12.7 Å². The number of anilines is 1. The van der Waals surface area contributed by atoms with Crippen LogP contribution in [0.3, 0.4) is 0 Å². The zero-order chi connectivity index (χ0) is 12.4. The summed E-state index contributed by atoms with van der Waals surface area (Å²) in [5, 5.41) is 3.22. The maximum atomic E-state index is 12.2. The Labute approximate surface area is 102 Å². The van der Waals surface area contributed by atoms with Crippen LogP contribution >= 0.6 is 0 Å². The van der Waals surface area contributed by atoms with Crippen molar-refractivity contribution in [3.05, 3.63) is 23.5 Å². The molecule has 0 bridgehead atoms. The quantitative estimate of drug-likeness (QED) is 0.858. The van der Waals surface area contributed by atoms with E-state index in [-0.39, 0.29) is 11.9 Å².